The maximum absolute atomic E-state index is 6.22. The molecule has 0 saturated carbocycles. The summed E-state index contributed by atoms with van der Waals surface area (Å²) in [6.07, 6.45) is 4.35. The molecule has 1 aromatic heterocycles. The molecule has 21 heavy (non-hydrogen) atoms. The first kappa shape index (κ1) is 14.6. The van der Waals surface area contributed by atoms with Gasteiger partial charge in [-0.2, -0.15) is 0 Å². The second-order valence-corrected chi connectivity index (χ2v) is 6.84. The Hall–Kier alpha value is -1.36. The van der Waals surface area contributed by atoms with Crippen molar-refractivity contribution in [1.82, 2.24) is 9.88 Å². The SMILES string of the molecule is Nc1nc(C2=CCCN(CCc3ccccc3)C2)c(Cl)s1. The summed E-state index contributed by atoms with van der Waals surface area (Å²) in [7, 11) is 0. The topological polar surface area (TPSA) is 42.1 Å². The van der Waals surface area contributed by atoms with E-state index < -0.39 is 0 Å². The molecular weight excluding hydrogens is 302 g/mol. The van der Waals surface area contributed by atoms with Crippen molar-refractivity contribution < 1.29 is 0 Å². The molecule has 0 saturated heterocycles. The molecule has 1 aliphatic heterocycles. The van der Waals surface area contributed by atoms with Crippen molar-refractivity contribution in [2.24, 2.45) is 0 Å². The third kappa shape index (κ3) is 3.64. The van der Waals surface area contributed by atoms with Crippen LogP contribution in [0.1, 0.15) is 17.7 Å². The smallest absolute Gasteiger partial charge is 0.182 e. The van der Waals surface area contributed by atoms with Gasteiger partial charge in [-0.3, -0.25) is 4.90 Å². The van der Waals surface area contributed by atoms with Gasteiger partial charge in [0, 0.05) is 19.6 Å². The molecule has 0 radical (unpaired) electrons. The number of nitrogen functional groups attached to an aromatic ring is 1. The lowest BCUT2D eigenvalue weighted by Gasteiger charge is -2.26. The number of benzene rings is 1. The van der Waals surface area contributed by atoms with Gasteiger partial charge < -0.3 is 5.73 Å². The Balaban J connectivity index is 1.63. The van der Waals surface area contributed by atoms with E-state index in [1.807, 2.05) is 0 Å². The second-order valence-electron chi connectivity index (χ2n) is 5.20. The number of nitrogens with two attached hydrogens (primary N) is 1. The highest BCUT2D eigenvalue weighted by Crippen LogP contribution is 2.32. The minimum absolute atomic E-state index is 0.539. The van der Waals surface area contributed by atoms with Gasteiger partial charge in [0.25, 0.3) is 0 Å². The summed E-state index contributed by atoms with van der Waals surface area (Å²) in [5.74, 6) is 0. The molecule has 1 aromatic carbocycles. The molecule has 1 aliphatic rings. The fourth-order valence-electron chi connectivity index (χ4n) is 2.62. The van der Waals surface area contributed by atoms with Crippen molar-refractivity contribution in [2.45, 2.75) is 12.8 Å². The van der Waals surface area contributed by atoms with Crippen LogP contribution >= 0.6 is 22.9 Å². The first-order valence-electron chi connectivity index (χ1n) is 7.10. The Kier molecular flexibility index (Phi) is 4.58. The van der Waals surface area contributed by atoms with E-state index in [9.17, 15) is 0 Å². The van der Waals surface area contributed by atoms with Gasteiger partial charge >= 0.3 is 0 Å². The highest BCUT2D eigenvalue weighted by molar-refractivity contribution is 7.19. The van der Waals surface area contributed by atoms with Crippen LogP contribution < -0.4 is 5.73 Å². The molecule has 0 unspecified atom stereocenters. The van der Waals surface area contributed by atoms with E-state index in [0.717, 1.165) is 38.2 Å². The standard InChI is InChI=1S/C16H18ClN3S/c17-15-14(19-16(18)21-15)13-7-4-9-20(11-13)10-8-12-5-2-1-3-6-12/h1-3,5-7H,4,8-11H2,(H2,18,19). The van der Waals surface area contributed by atoms with Crippen molar-refractivity contribution in [3.8, 4) is 0 Å². The van der Waals surface area contributed by atoms with Crippen LogP contribution in [0.5, 0.6) is 0 Å². The maximum atomic E-state index is 6.22. The molecule has 0 fully saturated rings. The van der Waals surface area contributed by atoms with E-state index in [4.69, 9.17) is 17.3 Å². The number of halogens is 1. The van der Waals surface area contributed by atoms with Crippen LogP contribution in [-0.2, 0) is 6.42 Å². The average Bonchev–Trinajstić information content (AvgIpc) is 2.85. The van der Waals surface area contributed by atoms with Gasteiger partial charge in [0.15, 0.2) is 5.13 Å². The Bertz CT molecular complexity index is 636. The molecule has 0 aliphatic carbocycles. The van der Waals surface area contributed by atoms with Gasteiger partial charge in [-0.05, 0) is 24.0 Å². The van der Waals surface area contributed by atoms with Crippen LogP contribution in [-0.4, -0.2) is 29.5 Å². The fourth-order valence-corrected chi connectivity index (χ4v) is 3.61. The second kappa shape index (κ2) is 6.60. The average molecular weight is 320 g/mol. The summed E-state index contributed by atoms with van der Waals surface area (Å²) in [6, 6.07) is 10.6. The molecule has 3 nitrogen and oxygen atoms in total. The van der Waals surface area contributed by atoms with Crippen molar-refractivity contribution in [2.75, 3.05) is 25.4 Å². The predicted octanol–water partition coefficient (Wildman–Crippen LogP) is 3.71. The Morgan fingerprint density at radius 2 is 2.10 bits per heavy atom. The molecule has 2 aromatic rings. The summed E-state index contributed by atoms with van der Waals surface area (Å²) in [4.78, 5) is 6.81. The summed E-state index contributed by atoms with van der Waals surface area (Å²) < 4.78 is 0.698. The third-order valence-electron chi connectivity index (χ3n) is 3.70. The number of hydrogen-bond acceptors (Lipinski definition) is 4. The van der Waals surface area contributed by atoms with Gasteiger partial charge in [-0.1, -0.05) is 59.3 Å². The van der Waals surface area contributed by atoms with Crippen molar-refractivity contribution in [3.63, 3.8) is 0 Å². The Morgan fingerprint density at radius 3 is 2.81 bits per heavy atom. The van der Waals surface area contributed by atoms with E-state index in [1.54, 1.807) is 0 Å². The number of anilines is 1. The molecule has 0 bridgehead atoms. The number of thiazole rings is 1. The predicted molar refractivity (Wildman–Crippen MR) is 90.7 cm³/mol. The minimum atomic E-state index is 0.539. The van der Waals surface area contributed by atoms with Crippen LogP contribution in [0.25, 0.3) is 5.57 Å². The highest BCUT2D eigenvalue weighted by Gasteiger charge is 2.18. The minimum Gasteiger partial charge on any atom is -0.375 e. The Morgan fingerprint density at radius 1 is 1.29 bits per heavy atom. The lowest BCUT2D eigenvalue weighted by Crippen LogP contribution is -2.31. The number of aromatic nitrogens is 1. The number of nitrogens with zero attached hydrogens (tertiary/aromatic N) is 2. The van der Waals surface area contributed by atoms with E-state index in [-0.39, 0.29) is 0 Å². The van der Waals surface area contributed by atoms with E-state index in [1.165, 1.54) is 22.5 Å². The Labute approximate surface area is 134 Å². The number of rotatable bonds is 4. The quantitative estimate of drug-likeness (QED) is 0.934. The van der Waals surface area contributed by atoms with Gasteiger partial charge in [0.1, 0.15) is 4.34 Å². The van der Waals surface area contributed by atoms with Gasteiger partial charge in [-0.25, -0.2) is 4.98 Å². The van der Waals surface area contributed by atoms with Crippen molar-refractivity contribution in [3.05, 3.63) is 52.0 Å². The zero-order valence-corrected chi connectivity index (χ0v) is 13.3. The monoisotopic (exact) mass is 319 g/mol. The molecule has 5 heteroatoms. The lowest BCUT2D eigenvalue weighted by atomic mass is 10.1. The van der Waals surface area contributed by atoms with Crippen LogP contribution in [0.3, 0.4) is 0 Å². The molecule has 110 valence electrons. The molecule has 0 atom stereocenters. The van der Waals surface area contributed by atoms with Gasteiger partial charge in [-0.15, -0.1) is 0 Å². The van der Waals surface area contributed by atoms with E-state index >= 15 is 0 Å². The van der Waals surface area contributed by atoms with Crippen LogP contribution in [0.15, 0.2) is 36.4 Å². The molecule has 3 rings (SSSR count). The number of hydrogen-bond donors (Lipinski definition) is 1. The molecule has 0 amide bonds. The normalized spacial score (nSPS) is 16.0. The summed E-state index contributed by atoms with van der Waals surface area (Å²) in [5.41, 5.74) is 9.18. The third-order valence-corrected chi connectivity index (χ3v) is 4.78. The fraction of sp³-hybridized carbons (Fsp3) is 0.312. The van der Waals surface area contributed by atoms with Crippen molar-refractivity contribution in [1.29, 1.82) is 0 Å². The summed E-state index contributed by atoms with van der Waals surface area (Å²) in [6.45, 7) is 3.04. The lowest BCUT2D eigenvalue weighted by molar-refractivity contribution is 0.308. The zero-order valence-electron chi connectivity index (χ0n) is 11.8. The maximum Gasteiger partial charge on any atom is 0.182 e. The first-order valence-corrected chi connectivity index (χ1v) is 8.29. The highest BCUT2D eigenvalue weighted by atomic mass is 35.5. The van der Waals surface area contributed by atoms with E-state index in [2.05, 4.69) is 46.3 Å². The largest absolute Gasteiger partial charge is 0.375 e. The summed E-state index contributed by atoms with van der Waals surface area (Å²) in [5, 5.41) is 0.539. The van der Waals surface area contributed by atoms with Crippen LogP contribution in [0.4, 0.5) is 5.13 Å². The van der Waals surface area contributed by atoms with Crippen molar-refractivity contribution >= 4 is 33.6 Å². The molecular formula is C16H18ClN3S. The van der Waals surface area contributed by atoms with Crippen LogP contribution in [0, 0.1) is 0 Å². The first-order chi connectivity index (χ1) is 10.2. The molecule has 2 N–H and O–H groups in total. The van der Waals surface area contributed by atoms with Crippen LogP contribution in [0.2, 0.25) is 4.34 Å². The van der Waals surface area contributed by atoms with Gasteiger partial charge in [0.05, 0.1) is 5.69 Å². The molecule has 2 heterocycles. The van der Waals surface area contributed by atoms with E-state index in [0.29, 0.717) is 9.47 Å². The zero-order chi connectivity index (χ0) is 14.7. The van der Waals surface area contributed by atoms with Gasteiger partial charge in [0.2, 0.25) is 0 Å². The molecule has 0 spiro atoms. The summed E-state index contributed by atoms with van der Waals surface area (Å²) >= 11 is 7.56.